The van der Waals surface area contributed by atoms with Gasteiger partial charge in [-0.15, -0.1) is 0 Å². The zero-order chi connectivity index (χ0) is 13.8. The second kappa shape index (κ2) is 6.44. The van der Waals surface area contributed by atoms with Crippen LogP contribution >= 0.6 is 23.2 Å². The Labute approximate surface area is 119 Å². The van der Waals surface area contributed by atoms with Gasteiger partial charge in [-0.2, -0.15) is 0 Å². The molecular formula is C14H19Cl2NO. The van der Waals surface area contributed by atoms with Crippen LogP contribution in [-0.2, 0) is 10.3 Å². The van der Waals surface area contributed by atoms with E-state index in [9.17, 15) is 4.79 Å². The van der Waals surface area contributed by atoms with Crippen LogP contribution in [0.3, 0.4) is 0 Å². The molecule has 0 aliphatic rings. The first-order valence-corrected chi connectivity index (χ1v) is 6.89. The second-order valence-corrected chi connectivity index (χ2v) is 5.72. The van der Waals surface area contributed by atoms with Crippen molar-refractivity contribution in [2.24, 2.45) is 0 Å². The summed E-state index contributed by atoms with van der Waals surface area (Å²) in [7, 11) is 0. The molecule has 0 aliphatic carbocycles. The van der Waals surface area contributed by atoms with Gasteiger partial charge in [0.1, 0.15) is 0 Å². The smallest absolute Gasteiger partial charge is 0.220 e. The largest absolute Gasteiger partial charge is 0.347 e. The normalized spacial score (nSPS) is 11.4. The summed E-state index contributed by atoms with van der Waals surface area (Å²) in [5, 5.41) is 4.04. The summed E-state index contributed by atoms with van der Waals surface area (Å²) < 4.78 is 0. The van der Waals surface area contributed by atoms with E-state index in [1.54, 1.807) is 12.1 Å². The topological polar surface area (TPSA) is 29.1 Å². The minimum Gasteiger partial charge on any atom is -0.347 e. The van der Waals surface area contributed by atoms with Crippen molar-refractivity contribution in [3.05, 3.63) is 33.8 Å². The number of benzene rings is 1. The maximum atomic E-state index is 11.8. The molecule has 2 nitrogen and oxygen atoms in total. The number of hydrogen-bond donors (Lipinski definition) is 1. The lowest BCUT2D eigenvalue weighted by Crippen LogP contribution is -2.40. The van der Waals surface area contributed by atoms with E-state index in [4.69, 9.17) is 23.2 Å². The molecule has 0 saturated carbocycles. The van der Waals surface area contributed by atoms with Crippen molar-refractivity contribution in [1.29, 1.82) is 0 Å². The monoisotopic (exact) mass is 287 g/mol. The van der Waals surface area contributed by atoms with Gasteiger partial charge < -0.3 is 5.32 Å². The van der Waals surface area contributed by atoms with Gasteiger partial charge >= 0.3 is 0 Å². The number of hydrogen-bond acceptors (Lipinski definition) is 1. The van der Waals surface area contributed by atoms with Crippen LogP contribution in [0.2, 0.25) is 10.0 Å². The van der Waals surface area contributed by atoms with Crippen LogP contribution < -0.4 is 5.32 Å². The van der Waals surface area contributed by atoms with Crippen molar-refractivity contribution in [1.82, 2.24) is 5.32 Å². The van der Waals surface area contributed by atoms with Crippen molar-refractivity contribution in [2.45, 2.75) is 45.6 Å². The Morgan fingerprint density at radius 2 is 1.94 bits per heavy atom. The molecule has 0 fully saturated rings. The molecule has 1 amide bonds. The standard InChI is InChI=1S/C14H19Cl2NO/c1-4-5-6-13(18)17-14(2,3)10-7-8-11(15)12(16)9-10/h7-9H,4-6H2,1-3H3,(H,17,18). The van der Waals surface area contributed by atoms with Crippen molar-refractivity contribution in [3.8, 4) is 0 Å². The first kappa shape index (κ1) is 15.3. The van der Waals surface area contributed by atoms with E-state index in [0.717, 1.165) is 18.4 Å². The molecule has 1 N–H and O–H groups in total. The van der Waals surface area contributed by atoms with Gasteiger partial charge in [-0.3, -0.25) is 4.79 Å². The number of carbonyl (C=O) groups is 1. The van der Waals surface area contributed by atoms with Gasteiger partial charge in [-0.05, 0) is 38.0 Å². The van der Waals surface area contributed by atoms with E-state index in [2.05, 4.69) is 12.2 Å². The second-order valence-electron chi connectivity index (χ2n) is 4.91. The quantitative estimate of drug-likeness (QED) is 0.847. The fourth-order valence-corrected chi connectivity index (χ4v) is 2.00. The number of carbonyl (C=O) groups excluding carboxylic acids is 1. The number of rotatable bonds is 5. The Morgan fingerprint density at radius 3 is 2.50 bits per heavy atom. The molecule has 4 heteroatoms. The van der Waals surface area contributed by atoms with E-state index >= 15 is 0 Å². The molecule has 1 aromatic carbocycles. The van der Waals surface area contributed by atoms with Crippen molar-refractivity contribution < 1.29 is 4.79 Å². The number of unbranched alkanes of at least 4 members (excludes halogenated alkanes) is 1. The molecule has 0 aromatic heterocycles. The molecular weight excluding hydrogens is 269 g/mol. The molecule has 0 atom stereocenters. The highest BCUT2D eigenvalue weighted by molar-refractivity contribution is 6.42. The summed E-state index contributed by atoms with van der Waals surface area (Å²) in [6.07, 6.45) is 2.48. The molecule has 18 heavy (non-hydrogen) atoms. The van der Waals surface area contributed by atoms with Crippen LogP contribution in [0.25, 0.3) is 0 Å². The summed E-state index contributed by atoms with van der Waals surface area (Å²) in [5.74, 6) is 0.0629. The number of halogens is 2. The minimum absolute atomic E-state index is 0.0629. The molecule has 0 radical (unpaired) electrons. The van der Waals surface area contributed by atoms with Gasteiger partial charge in [-0.25, -0.2) is 0 Å². The van der Waals surface area contributed by atoms with Crippen molar-refractivity contribution in [3.63, 3.8) is 0 Å². The molecule has 0 heterocycles. The van der Waals surface area contributed by atoms with Gasteiger partial charge in [0.25, 0.3) is 0 Å². The van der Waals surface area contributed by atoms with Crippen LogP contribution in [0.5, 0.6) is 0 Å². The Kier molecular flexibility index (Phi) is 5.48. The van der Waals surface area contributed by atoms with Crippen LogP contribution in [0.1, 0.15) is 45.6 Å². The summed E-state index contributed by atoms with van der Waals surface area (Å²) in [4.78, 5) is 11.8. The maximum absolute atomic E-state index is 11.8. The van der Waals surface area contributed by atoms with E-state index < -0.39 is 5.54 Å². The Bertz CT molecular complexity index is 430. The third kappa shape index (κ3) is 4.18. The molecule has 0 unspecified atom stereocenters. The van der Waals surface area contributed by atoms with Crippen molar-refractivity contribution in [2.75, 3.05) is 0 Å². The number of nitrogens with one attached hydrogen (secondary N) is 1. The summed E-state index contributed by atoms with van der Waals surface area (Å²) in [6.45, 7) is 5.98. The van der Waals surface area contributed by atoms with Crippen LogP contribution in [-0.4, -0.2) is 5.91 Å². The predicted octanol–water partition coefficient (Wildman–Crippen LogP) is 4.53. The molecule has 1 aromatic rings. The highest BCUT2D eigenvalue weighted by Gasteiger charge is 2.23. The Balaban J connectivity index is 2.78. The van der Waals surface area contributed by atoms with E-state index in [0.29, 0.717) is 16.5 Å². The van der Waals surface area contributed by atoms with E-state index in [-0.39, 0.29) is 5.91 Å². The highest BCUT2D eigenvalue weighted by Crippen LogP contribution is 2.28. The van der Waals surface area contributed by atoms with Crippen LogP contribution in [0.4, 0.5) is 0 Å². The van der Waals surface area contributed by atoms with Gasteiger partial charge in [0.2, 0.25) is 5.91 Å². The van der Waals surface area contributed by atoms with E-state index in [1.807, 2.05) is 19.9 Å². The van der Waals surface area contributed by atoms with Gasteiger partial charge in [0.15, 0.2) is 0 Å². The fourth-order valence-electron chi connectivity index (χ4n) is 1.71. The lowest BCUT2D eigenvalue weighted by Gasteiger charge is -2.27. The Morgan fingerprint density at radius 1 is 1.28 bits per heavy atom. The molecule has 0 spiro atoms. The average molecular weight is 288 g/mol. The van der Waals surface area contributed by atoms with Gasteiger partial charge in [0, 0.05) is 6.42 Å². The average Bonchev–Trinajstić information content (AvgIpc) is 2.29. The number of amides is 1. The van der Waals surface area contributed by atoms with Gasteiger partial charge in [-0.1, -0.05) is 42.6 Å². The molecule has 0 saturated heterocycles. The molecule has 0 aliphatic heterocycles. The molecule has 0 bridgehead atoms. The summed E-state index contributed by atoms with van der Waals surface area (Å²) in [6, 6.07) is 5.43. The van der Waals surface area contributed by atoms with Crippen molar-refractivity contribution >= 4 is 29.1 Å². The summed E-state index contributed by atoms with van der Waals surface area (Å²) >= 11 is 11.9. The molecule has 100 valence electrons. The SMILES string of the molecule is CCCCC(=O)NC(C)(C)c1ccc(Cl)c(Cl)c1. The first-order valence-electron chi connectivity index (χ1n) is 6.13. The minimum atomic E-state index is -0.445. The fraction of sp³-hybridized carbons (Fsp3) is 0.500. The maximum Gasteiger partial charge on any atom is 0.220 e. The third-order valence-corrected chi connectivity index (χ3v) is 3.59. The lowest BCUT2D eigenvalue weighted by atomic mass is 9.94. The van der Waals surface area contributed by atoms with Crippen LogP contribution in [0, 0.1) is 0 Å². The zero-order valence-corrected chi connectivity index (χ0v) is 12.5. The third-order valence-electron chi connectivity index (χ3n) is 2.85. The summed E-state index contributed by atoms with van der Waals surface area (Å²) in [5.41, 5.74) is 0.501. The highest BCUT2D eigenvalue weighted by atomic mass is 35.5. The first-order chi connectivity index (χ1) is 8.36. The Hall–Kier alpha value is -0.730. The van der Waals surface area contributed by atoms with Crippen LogP contribution in [0.15, 0.2) is 18.2 Å². The zero-order valence-electron chi connectivity index (χ0n) is 11.0. The molecule has 1 rings (SSSR count). The van der Waals surface area contributed by atoms with Gasteiger partial charge in [0.05, 0.1) is 15.6 Å². The predicted molar refractivity (Wildman–Crippen MR) is 77.2 cm³/mol. The van der Waals surface area contributed by atoms with E-state index in [1.165, 1.54) is 0 Å². The lowest BCUT2D eigenvalue weighted by molar-refractivity contribution is -0.122.